The molecule has 0 atom stereocenters. The number of hydrogen-bond acceptors (Lipinski definition) is 4. The lowest BCUT2D eigenvalue weighted by atomic mass is 10.3. The van der Waals surface area contributed by atoms with E-state index < -0.39 is 11.5 Å². The van der Waals surface area contributed by atoms with Crippen LogP contribution in [0.1, 0.15) is 11.4 Å². The van der Waals surface area contributed by atoms with Crippen molar-refractivity contribution < 1.29 is 10.0 Å². The van der Waals surface area contributed by atoms with Gasteiger partial charge >= 0.3 is 0 Å². The Balaban J connectivity index is 3.20. The van der Waals surface area contributed by atoms with Crippen molar-refractivity contribution in [3.63, 3.8) is 0 Å². The van der Waals surface area contributed by atoms with Crippen molar-refractivity contribution in [2.75, 3.05) is 0 Å². The minimum absolute atomic E-state index is 0.111. The summed E-state index contributed by atoms with van der Waals surface area (Å²) in [7, 11) is 0. The Morgan fingerprint density at radius 3 is 2.83 bits per heavy atom. The number of aryl methyl sites for hydroxylation is 1. The quantitative estimate of drug-likeness (QED) is 0.523. The van der Waals surface area contributed by atoms with Gasteiger partial charge in [-0.1, -0.05) is 0 Å². The highest BCUT2D eigenvalue weighted by Gasteiger charge is 2.13. The maximum Gasteiger partial charge on any atom is 0.293 e. The van der Waals surface area contributed by atoms with Gasteiger partial charge < -0.3 is 5.11 Å². The van der Waals surface area contributed by atoms with Crippen molar-refractivity contribution in [2.45, 2.75) is 13.5 Å². The fraction of sp³-hybridized carbons (Fsp3) is 0.286. The highest BCUT2D eigenvalue weighted by molar-refractivity contribution is 5.35. The smallest absolute Gasteiger partial charge is 0.293 e. The second kappa shape index (κ2) is 3.27. The fourth-order valence-electron chi connectivity index (χ4n) is 0.886. The molecular formula is C7H8N2O3. The molecule has 0 saturated heterocycles. The molecule has 0 amide bonds. The summed E-state index contributed by atoms with van der Waals surface area (Å²) in [6.07, 6.45) is 0. The van der Waals surface area contributed by atoms with Gasteiger partial charge in [0.05, 0.1) is 11.5 Å². The second-order valence-electron chi connectivity index (χ2n) is 2.33. The van der Waals surface area contributed by atoms with Crippen molar-refractivity contribution in [3.8, 4) is 0 Å². The minimum atomic E-state index is -0.558. The Bertz CT molecular complexity index is 312. The monoisotopic (exact) mass is 168 g/mol. The summed E-state index contributed by atoms with van der Waals surface area (Å²) in [5.41, 5.74) is 0.632. The summed E-state index contributed by atoms with van der Waals surface area (Å²) in [4.78, 5) is 13.6. The standard InChI is InChI=1S/C7H8N2O3/c1-5-2-3-7(9(11)12)6(4-10)8-5/h2-3,10H,4H2,1H3. The summed E-state index contributed by atoms with van der Waals surface area (Å²) in [6.45, 7) is 1.31. The van der Waals surface area contributed by atoms with E-state index in [0.717, 1.165) is 0 Å². The van der Waals surface area contributed by atoms with Crippen molar-refractivity contribution in [3.05, 3.63) is 33.6 Å². The van der Waals surface area contributed by atoms with Crippen LogP contribution < -0.4 is 0 Å². The molecule has 0 unspecified atom stereocenters. The summed E-state index contributed by atoms with van der Waals surface area (Å²) in [5.74, 6) is 0. The van der Waals surface area contributed by atoms with Gasteiger partial charge in [-0.15, -0.1) is 0 Å². The molecule has 0 bridgehead atoms. The van der Waals surface area contributed by atoms with Gasteiger partial charge in [0, 0.05) is 11.8 Å². The number of rotatable bonds is 2. The van der Waals surface area contributed by atoms with Gasteiger partial charge in [-0.25, -0.2) is 4.98 Å². The molecule has 64 valence electrons. The molecule has 12 heavy (non-hydrogen) atoms. The van der Waals surface area contributed by atoms with Gasteiger partial charge in [-0.3, -0.25) is 10.1 Å². The third-order valence-electron chi connectivity index (χ3n) is 1.44. The average molecular weight is 168 g/mol. The molecule has 1 aromatic rings. The molecule has 1 aromatic heterocycles. The predicted molar refractivity (Wildman–Crippen MR) is 41.6 cm³/mol. The maximum absolute atomic E-state index is 10.3. The molecule has 0 aliphatic carbocycles. The van der Waals surface area contributed by atoms with Crippen molar-refractivity contribution >= 4 is 5.69 Å². The van der Waals surface area contributed by atoms with E-state index >= 15 is 0 Å². The van der Waals surface area contributed by atoms with Crippen LogP contribution in [0.25, 0.3) is 0 Å². The lowest BCUT2D eigenvalue weighted by Crippen LogP contribution is -1.99. The zero-order valence-corrected chi connectivity index (χ0v) is 6.52. The van der Waals surface area contributed by atoms with Crippen LogP contribution in [-0.4, -0.2) is 15.0 Å². The maximum atomic E-state index is 10.3. The van der Waals surface area contributed by atoms with Crippen molar-refractivity contribution in [1.29, 1.82) is 0 Å². The lowest BCUT2D eigenvalue weighted by molar-refractivity contribution is -0.386. The molecule has 0 aliphatic rings. The zero-order valence-electron chi connectivity index (χ0n) is 6.52. The van der Waals surface area contributed by atoms with E-state index in [1.807, 2.05) is 0 Å². The molecule has 0 fully saturated rings. The van der Waals surface area contributed by atoms with Crippen LogP contribution in [-0.2, 0) is 6.61 Å². The number of nitrogens with zero attached hydrogens (tertiary/aromatic N) is 2. The van der Waals surface area contributed by atoms with Gasteiger partial charge in [0.15, 0.2) is 0 Å². The molecule has 1 rings (SSSR count). The Morgan fingerprint density at radius 2 is 2.33 bits per heavy atom. The molecule has 1 heterocycles. The molecule has 5 heteroatoms. The number of nitro groups is 1. The van der Waals surface area contributed by atoms with E-state index in [1.165, 1.54) is 12.1 Å². The number of pyridine rings is 1. The van der Waals surface area contributed by atoms with Gasteiger partial charge in [0.2, 0.25) is 0 Å². The van der Waals surface area contributed by atoms with Crippen molar-refractivity contribution in [1.82, 2.24) is 4.98 Å². The highest BCUT2D eigenvalue weighted by Crippen LogP contribution is 2.15. The fourth-order valence-corrected chi connectivity index (χ4v) is 0.886. The average Bonchev–Trinajstić information content (AvgIpc) is 2.03. The van der Waals surface area contributed by atoms with E-state index in [-0.39, 0.29) is 11.4 Å². The van der Waals surface area contributed by atoms with Crippen LogP contribution in [0.15, 0.2) is 12.1 Å². The van der Waals surface area contributed by atoms with Crippen LogP contribution in [0, 0.1) is 17.0 Å². The van der Waals surface area contributed by atoms with E-state index in [4.69, 9.17) is 5.11 Å². The lowest BCUT2D eigenvalue weighted by Gasteiger charge is -1.98. The largest absolute Gasteiger partial charge is 0.390 e. The third-order valence-corrected chi connectivity index (χ3v) is 1.44. The first-order valence-electron chi connectivity index (χ1n) is 3.37. The normalized spacial score (nSPS) is 9.83. The first-order valence-corrected chi connectivity index (χ1v) is 3.37. The molecule has 1 N–H and O–H groups in total. The Kier molecular flexibility index (Phi) is 2.35. The predicted octanol–water partition coefficient (Wildman–Crippen LogP) is 0.791. The molecule has 0 radical (unpaired) electrons. The third kappa shape index (κ3) is 1.57. The second-order valence-corrected chi connectivity index (χ2v) is 2.33. The van der Waals surface area contributed by atoms with Gasteiger partial charge in [-0.05, 0) is 13.0 Å². The Labute approximate surface area is 68.8 Å². The van der Waals surface area contributed by atoms with E-state index in [1.54, 1.807) is 6.92 Å². The Hall–Kier alpha value is -1.49. The molecule has 0 saturated carbocycles. The molecule has 0 aromatic carbocycles. The minimum Gasteiger partial charge on any atom is -0.390 e. The summed E-state index contributed by atoms with van der Waals surface area (Å²) >= 11 is 0. The molecule has 5 nitrogen and oxygen atoms in total. The number of aliphatic hydroxyl groups is 1. The summed E-state index contributed by atoms with van der Waals surface area (Å²) < 4.78 is 0. The zero-order chi connectivity index (χ0) is 9.14. The first kappa shape index (κ1) is 8.61. The topological polar surface area (TPSA) is 76.3 Å². The highest BCUT2D eigenvalue weighted by atomic mass is 16.6. The summed E-state index contributed by atoms with van der Waals surface area (Å²) in [5, 5.41) is 19.1. The van der Waals surface area contributed by atoms with Gasteiger partial charge in [0.1, 0.15) is 5.69 Å². The number of hydrogen-bond donors (Lipinski definition) is 1. The SMILES string of the molecule is Cc1ccc([N+](=O)[O-])c(CO)n1. The van der Waals surface area contributed by atoms with Crippen LogP contribution in [0.2, 0.25) is 0 Å². The summed E-state index contributed by atoms with van der Waals surface area (Å²) in [6, 6.07) is 2.88. The number of aromatic nitrogens is 1. The van der Waals surface area contributed by atoms with Gasteiger partial charge in [0.25, 0.3) is 5.69 Å². The van der Waals surface area contributed by atoms with E-state index in [9.17, 15) is 10.1 Å². The first-order chi connectivity index (χ1) is 5.65. The van der Waals surface area contributed by atoms with Crippen LogP contribution in [0.3, 0.4) is 0 Å². The van der Waals surface area contributed by atoms with Gasteiger partial charge in [-0.2, -0.15) is 0 Å². The van der Waals surface area contributed by atoms with Crippen LogP contribution in [0.5, 0.6) is 0 Å². The molecule has 0 spiro atoms. The molecule has 0 aliphatic heterocycles. The molecular weight excluding hydrogens is 160 g/mol. The van der Waals surface area contributed by atoms with Crippen LogP contribution in [0.4, 0.5) is 5.69 Å². The van der Waals surface area contributed by atoms with E-state index in [0.29, 0.717) is 5.69 Å². The number of aliphatic hydroxyl groups excluding tert-OH is 1. The van der Waals surface area contributed by atoms with Crippen molar-refractivity contribution in [2.24, 2.45) is 0 Å². The van der Waals surface area contributed by atoms with Crippen LogP contribution >= 0.6 is 0 Å². The van der Waals surface area contributed by atoms with E-state index in [2.05, 4.69) is 4.98 Å². The Morgan fingerprint density at radius 1 is 1.67 bits per heavy atom.